The first kappa shape index (κ1) is 16.3. The van der Waals surface area contributed by atoms with Crippen LogP contribution in [0, 0.1) is 5.92 Å². The summed E-state index contributed by atoms with van der Waals surface area (Å²) < 4.78 is 28.7. The lowest BCUT2D eigenvalue weighted by atomic mass is 10.0. The standard InChI is InChI=1S/C20H17N3O3S/c24-19-13-5-1-2-6-14(13)20(21-11-12-9-10-12)22-18(19)17-15-7-3-4-8-16(15)27(25,26)23-17/h1-8,12,24H,9-11H2,(H,21,22). The van der Waals surface area contributed by atoms with Crippen molar-refractivity contribution >= 4 is 32.3 Å². The Morgan fingerprint density at radius 3 is 2.52 bits per heavy atom. The molecule has 0 spiro atoms. The Morgan fingerprint density at radius 1 is 1.04 bits per heavy atom. The van der Waals surface area contributed by atoms with Gasteiger partial charge in [0.15, 0.2) is 5.75 Å². The van der Waals surface area contributed by atoms with Crippen LogP contribution in [0.4, 0.5) is 5.82 Å². The Labute approximate surface area is 156 Å². The van der Waals surface area contributed by atoms with Gasteiger partial charge in [-0.3, -0.25) is 0 Å². The molecule has 5 rings (SSSR count). The smallest absolute Gasteiger partial charge is 0.283 e. The van der Waals surface area contributed by atoms with Crippen LogP contribution >= 0.6 is 0 Å². The Hall–Kier alpha value is -2.93. The van der Waals surface area contributed by atoms with E-state index < -0.39 is 10.0 Å². The fourth-order valence-corrected chi connectivity index (χ4v) is 4.60. The second kappa shape index (κ2) is 5.79. The van der Waals surface area contributed by atoms with Crippen LogP contribution in [0.5, 0.6) is 5.75 Å². The number of nitrogens with zero attached hydrogens (tertiary/aromatic N) is 2. The highest BCUT2D eigenvalue weighted by atomic mass is 32.2. The van der Waals surface area contributed by atoms with E-state index in [1.165, 1.54) is 18.9 Å². The molecule has 0 bridgehead atoms. The molecule has 2 heterocycles. The summed E-state index contributed by atoms with van der Waals surface area (Å²) in [5, 5.41) is 15.6. The highest BCUT2D eigenvalue weighted by Gasteiger charge is 2.32. The fraction of sp³-hybridized carbons (Fsp3) is 0.200. The lowest BCUT2D eigenvalue weighted by Crippen LogP contribution is -2.10. The summed E-state index contributed by atoms with van der Waals surface area (Å²) in [4.78, 5) is 4.73. The van der Waals surface area contributed by atoms with E-state index in [1.54, 1.807) is 24.3 Å². The number of aromatic hydroxyl groups is 1. The number of aromatic nitrogens is 1. The van der Waals surface area contributed by atoms with Crippen LogP contribution in [0.25, 0.3) is 10.8 Å². The SMILES string of the molecule is O=S1(=O)N=C(c2nc(NCC3CC3)c3ccccc3c2O)c2ccccc21. The monoisotopic (exact) mass is 379 g/mol. The van der Waals surface area contributed by atoms with Crippen molar-refractivity contribution in [3.8, 4) is 5.75 Å². The minimum Gasteiger partial charge on any atom is -0.505 e. The summed E-state index contributed by atoms with van der Waals surface area (Å²) in [5.41, 5.74) is 0.826. The van der Waals surface area contributed by atoms with Gasteiger partial charge in [0.05, 0.1) is 4.90 Å². The Kier molecular flexibility index (Phi) is 3.48. The second-order valence-electron chi connectivity index (χ2n) is 6.94. The molecule has 0 saturated heterocycles. The number of hydrogen-bond donors (Lipinski definition) is 2. The minimum atomic E-state index is -3.79. The molecule has 0 amide bonds. The number of sulfonamides is 1. The maximum absolute atomic E-state index is 12.4. The number of benzene rings is 2. The first-order valence-corrected chi connectivity index (χ1v) is 10.3. The third kappa shape index (κ3) is 2.66. The van der Waals surface area contributed by atoms with Crippen molar-refractivity contribution in [1.82, 2.24) is 4.98 Å². The van der Waals surface area contributed by atoms with E-state index in [2.05, 4.69) is 14.7 Å². The molecule has 2 aromatic carbocycles. The van der Waals surface area contributed by atoms with Gasteiger partial charge >= 0.3 is 0 Å². The molecule has 3 aromatic rings. The maximum atomic E-state index is 12.4. The first-order chi connectivity index (χ1) is 13.0. The number of anilines is 1. The maximum Gasteiger partial charge on any atom is 0.283 e. The van der Waals surface area contributed by atoms with Gasteiger partial charge in [-0.25, -0.2) is 4.98 Å². The number of hydrogen-bond acceptors (Lipinski definition) is 5. The van der Waals surface area contributed by atoms with Gasteiger partial charge in [-0.15, -0.1) is 0 Å². The van der Waals surface area contributed by atoms with Crippen LogP contribution in [-0.4, -0.2) is 30.8 Å². The average Bonchev–Trinajstić information content (AvgIpc) is 3.46. The number of fused-ring (bicyclic) bond motifs is 2. The summed E-state index contributed by atoms with van der Waals surface area (Å²) in [7, 11) is -3.79. The van der Waals surface area contributed by atoms with Crippen molar-refractivity contribution in [3.05, 3.63) is 59.8 Å². The first-order valence-electron chi connectivity index (χ1n) is 8.85. The molecule has 7 heteroatoms. The Balaban J connectivity index is 1.73. The summed E-state index contributed by atoms with van der Waals surface area (Å²) in [5.74, 6) is 1.22. The van der Waals surface area contributed by atoms with Gasteiger partial charge in [0, 0.05) is 22.9 Å². The van der Waals surface area contributed by atoms with Crippen LogP contribution in [0.1, 0.15) is 24.1 Å². The van der Waals surface area contributed by atoms with Gasteiger partial charge in [0.1, 0.15) is 17.2 Å². The van der Waals surface area contributed by atoms with Gasteiger partial charge in [-0.05, 0) is 24.8 Å². The van der Waals surface area contributed by atoms with Crippen molar-refractivity contribution in [2.24, 2.45) is 10.3 Å². The summed E-state index contributed by atoms with van der Waals surface area (Å²) in [6, 6.07) is 14.0. The molecule has 0 atom stereocenters. The van der Waals surface area contributed by atoms with E-state index in [1.807, 2.05) is 18.2 Å². The van der Waals surface area contributed by atoms with Crippen LogP contribution in [-0.2, 0) is 10.0 Å². The molecule has 27 heavy (non-hydrogen) atoms. The number of nitrogens with one attached hydrogen (secondary N) is 1. The van der Waals surface area contributed by atoms with E-state index in [-0.39, 0.29) is 22.1 Å². The molecule has 2 aliphatic rings. The zero-order valence-electron chi connectivity index (χ0n) is 14.4. The molecular formula is C20H17N3O3S. The van der Waals surface area contributed by atoms with E-state index in [9.17, 15) is 13.5 Å². The van der Waals surface area contributed by atoms with Crippen molar-refractivity contribution in [2.75, 3.05) is 11.9 Å². The topological polar surface area (TPSA) is 91.7 Å². The molecule has 6 nitrogen and oxygen atoms in total. The lowest BCUT2D eigenvalue weighted by Gasteiger charge is -2.13. The summed E-state index contributed by atoms with van der Waals surface area (Å²) in [6.07, 6.45) is 2.41. The predicted octanol–water partition coefficient (Wildman–Crippen LogP) is 3.30. The summed E-state index contributed by atoms with van der Waals surface area (Å²) >= 11 is 0. The average molecular weight is 379 g/mol. The molecular weight excluding hydrogens is 362 g/mol. The molecule has 1 aromatic heterocycles. The van der Waals surface area contributed by atoms with Crippen molar-refractivity contribution in [1.29, 1.82) is 0 Å². The fourth-order valence-electron chi connectivity index (χ4n) is 3.39. The van der Waals surface area contributed by atoms with Gasteiger partial charge < -0.3 is 10.4 Å². The minimum absolute atomic E-state index is 0.0618. The van der Waals surface area contributed by atoms with Crippen LogP contribution < -0.4 is 5.32 Å². The second-order valence-corrected chi connectivity index (χ2v) is 8.51. The summed E-state index contributed by atoms with van der Waals surface area (Å²) in [6.45, 7) is 0.808. The molecule has 1 saturated carbocycles. The molecule has 0 unspecified atom stereocenters. The Morgan fingerprint density at radius 2 is 1.74 bits per heavy atom. The van der Waals surface area contributed by atoms with Gasteiger partial charge in [0.2, 0.25) is 0 Å². The van der Waals surface area contributed by atoms with E-state index in [0.717, 1.165) is 11.9 Å². The van der Waals surface area contributed by atoms with Gasteiger partial charge in [-0.1, -0.05) is 42.5 Å². The quantitative estimate of drug-likeness (QED) is 0.726. The molecule has 1 fully saturated rings. The third-order valence-electron chi connectivity index (χ3n) is 5.00. The zero-order valence-corrected chi connectivity index (χ0v) is 15.2. The number of rotatable bonds is 4. The molecule has 1 aliphatic carbocycles. The molecule has 2 N–H and O–H groups in total. The zero-order chi connectivity index (χ0) is 18.6. The van der Waals surface area contributed by atoms with E-state index in [4.69, 9.17) is 0 Å². The highest BCUT2D eigenvalue weighted by Crippen LogP contribution is 2.37. The van der Waals surface area contributed by atoms with Crippen LogP contribution in [0.2, 0.25) is 0 Å². The third-order valence-corrected chi connectivity index (χ3v) is 6.33. The lowest BCUT2D eigenvalue weighted by molar-refractivity contribution is 0.478. The van der Waals surface area contributed by atoms with Crippen molar-refractivity contribution < 1.29 is 13.5 Å². The molecule has 1 aliphatic heterocycles. The predicted molar refractivity (Wildman–Crippen MR) is 104 cm³/mol. The number of pyridine rings is 1. The molecule has 0 radical (unpaired) electrons. The van der Waals surface area contributed by atoms with Gasteiger partial charge in [-0.2, -0.15) is 12.8 Å². The Bertz CT molecular complexity index is 1210. The van der Waals surface area contributed by atoms with E-state index in [0.29, 0.717) is 22.7 Å². The van der Waals surface area contributed by atoms with Crippen molar-refractivity contribution in [2.45, 2.75) is 17.7 Å². The normalized spacial score (nSPS) is 17.6. The molecule has 136 valence electrons. The highest BCUT2D eigenvalue weighted by molar-refractivity contribution is 7.90. The van der Waals surface area contributed by atoms with Crippen LogP contribution in [0.3, 0.4) is 0 Å². The van der Waals surface area contributed by atoms with Crippen molar-refractivity contribution in [3.63, 3.8) is 0 Å². The van der Waals surface area contributed by atoms with E-state index >= 15 is 0 Å². The van der Waals surface area contributed by atoms with Gasteiger partial charge in [0.25, 0.3) is 10.0 Å². The van der Waals surface area contributed by atoms with Crippen LogP contribution in [0.15, 0.2) is 57.8 Å². The largest absolute Gasteiger partial charge is 0.505 e.